The topological polar surface area (TPSA) is 92.9 Å². The summed E-state index contributed by atoms with van der Waals surface area (Å²) < 4.78 is 13.3. The van der Waals surface area contributed by atoms with Gasteiger partial charge < -0.3 is 11.1 Å². The number of amides is 2. The van der Waals surface area contributed by atoms with Crippen LogP contribution in [0.1, 0.15) is 11.3 Å². The summed E-state index contributed by atoms with van der Waals surface area (Å²) in [4.78, 5) is 19.2. The fraction of sp³-hybridized carbons (Fsp3) is 0.154. The molecule has 8 heteroatoms. The molecule has 1 aromatic carbocycles. The largest absolute Gasteiger partial charge is 0.381 e. The molecule has 0 bridgehead atoms. The van der Waals surface area contributed by atoms with Crippen LogP contribution in [-0.4, -0.2) is 16.0 Å². The summed E-state index contributed by atoms with van der Waals surface area (Å²) in [6.07, 6.45) is 0. The number of carbonyl (C=O) groups is 1. The van der Waals surface area contributed by atoms with Crippen molar-refractivity contribution in [1.29, 1.82) is 0 Å². The van der Waals surface area contributed by atoms with E-state index in [4.69, 9.17) is 17.3 Å². The maximum Gasteiger partial charge on any atom is 0.326 e. The number of nitrogen functional groups attached to an aromatic ring is 1. The molecule has 0 saturated carbocycles. The molecule has 1 aromatic heterocycles. The lowest BCUT2D eigenvalue weighted by Gasteiger charge is -2.09. The Labute approximate surface area is 125 Å². The molecular weight excluding hydrogens is 297 g/mol. The summed E-state index contributed by atoms with van der Waals surface area (Å²) in [5, 5.41) is 5.47. The van der Waals surface area contributed by atoms with Gasteiger partial charge in [0.15, 0.2) is 11.6 Å². The zero-order valence-electron chi connectivity index (χ0n) is 11.4. The van der Waals surface area contributed by atoms with Crippen molar-refractivity contribution < 1.29 is 9.18 Å². The van der Waals surface area contributed by atoms with Crippen LogP contribution < -0.4 is 16.4 Å². The fourth-order valence-electron chi connectivity index (χ4n) is 1.57. The van der Waals surface area contributed by atoms with Crippen LogP contribution in [0.25, 0.3) is 0 Å². The van der Waals surface area contributed by atoms with Gasteiger partial charge in [-0.3, -0.25) is 5.32 Å². The molecule has 0 radical (unpaired) electrons. The number of aromatic nitrogens is 2. The lowest BCUT2D eigenvalue weighted by Crippen LogP contribution is -2.21. The minimum Gasteiger partial charge on any atom is -0.381 e. The van der Waals surface area contributed by atoms with Gasteiger partial charge in [0.2, 0.25) is 5.95 Å². The van der Waals surface area contributed by atoms with Gasteiger partial charge in [0, 0.05) is 10.7 Å². The number of hydrogen-bond donors (Lipinski definition) is 3. The minimum atomic E-state index is -0.703. The number of halogens is 2. The second-order valence-corrected chi connectivity index (χ2v) is 4.78. The molecule has 21 heavy (non-hydrogen) atoms. The number of anilines is 3. The Morgan fingerprint density at radius 2 is 2.00 bits per heavy atom. The van der Waals surface area contributed by atoms with Gasteiger partial charge in [-0.15, -0.1) is 0 Å². The molecule has 0 aliphatic heterocycles. The molecule has 2 aromatic rings. The molecule has 6 nitrogen and oxygen atoms in total. The molecule has 0 atom stereocenters. The summed E-state index contributed by atoms with van der Waals surface area (Å²) in [7, 11) is 0. The third kappa shape index (κ3) is 3.57. The average Bonchev–Trinajstić information content (AvgIpc) is 2.40. The second kappa shape index (κ2) is 5.92. The molecule has 0 aliphatic rings. The molecule has 0 saturated heterocycles. The molecule has 1 heterocycles. The standard InChI is InChI=1S/C13H13ClFN5O/c1-6-3-4-8(5-9(6)14)18-13(21)20-12-17-7(2)10(15)11(16)19-12/h3-5H,1-2H3,(H4,16,17,18,19,20,21). The van der Waals surface area contributed by atoms with E-state index in [1.54, 1.807) is 18.2 Å². The molecule has 4 N–H and O–H groups in total. The molecule has 0 unspecified atom stereocenters. The van der Waals surface area contributed by atoms with E-state index in [-0.39, 0.29) is 17.5 Å². The predicted octanol–water partition coefficient (Wildman–Crippen LogP) is 3.11. The molecule has 0 fully saturated rings. The van der Waals surface area contributed by atoms with E-state index in [0.717, 1.165) is 5.56 Å². The third-order valence-electron chi connectivity index (χ3n) is 2.70. The summed E-state index contributed by atoms with van der Waals surface area (Å²) in [5.41, 5.74) is 6.83. The van der Waals surface area contributed by atoms with E-state index in [1.807, 2.05) is 6.92 Å². The summed E-state index contributed by atoms with van der Waals surface area (Å²) in [6.45, 7) is 3.28. The molecule has 2 rings (SSSR count). The Hall–Kier alpha value is -2.41. The van der Waals surface area contributed by atoms with Gasteiger partial charge in [-0.2, -0.15) is 4.98 Å². The molecule has 0 aliphatic carbocycles. The van der Waals surface area contributed by atoms with Crippen molar-refractivity contribution in [3.8, 4) is 0 Å². The van der Waals surface area contributed by atoms with Gasteiger partial charge in [-0.05, 0) is 31.5 Å². The van der Waals surface area contributed by atoms with Crippen molar-refractivity contribution in [2.75, 3.05) is 16.4 Å². The first-order chi connectivity index (χ1) is 9.86. The van der Waals surface area contributed by atoms with Gasteiger partial charge in [-0.1, -0.05) is 17.7 Å². The second-order valence-electron chi connectivity index (χ2n) is 4.37. The maximum atomic E-state index is 13.3. The van der Waals surface area contributed by atoms with Gasteiger partial charge in [0.1, 0.15) is 0 Å². The highest BCUT2D eigenvalue weighted by atomic mass is 35.5. The monoisotopic (exact) mass is 309 g/mol. The number of nitrogens with one attached hydrogen (secondary N) is 2. The van der Waals surface area contributed by atoms with E-state index >= 15 is 0 Å². The van der Waals surface area contributed by atoms with E-state index in [0.29, 0.717) is 10.7 Å². The van der Waals surface area contributed by atoms with Crippen LogP contribution in [0.2, 0.25) is 5.02 Å². The maximum absolute atomic E-state index is 13.3. The lowest BCUT2D eigenvalue weighted by molar-refractivity contribution is 0.262. The molecule has 2 amide bonds. The van der Waals surface area contributed by atoms with Crippen LogP contribution in [0.3, 0.4) is 0 Å². The van der Waals surface area contributed by atoms with Gasteiger partial charge in [0.25, 0.3) is 0 Å². The number of benzene rings is 1. The Morgan fingerprint density at radius 1 is 1.29 bits per heavy atom. The minimum absolute atomic E-state index is 0.0520. The van der Waals surface area contributed by atoms with E-state index in [9.17, 15) is 9.18 Å². The van der Waals surface area contributed by atoms with Crippen LogP contribution in [0.15, 0.2) is 18.2 Å². The number of rotatable bonds is 2. The molecule has 110 valence electrons. The number of nitrogens with two attached hydrogens (primary N) is 1. The highest BCUT2D eigenvalue weighted by molar-refractivity contribution is 6.31. The van der Waals surface area contributed by atoms with Crippen molar-refractivity contribution in [2.24, 2.45) is 0 Å². The summed E-state index contributed by atoms with van der Waals surface area (Å²) in [6, 6.07) is 4.50. The number of aryl methyl sites for hydroxylation is 2. The smallest absolute Gasteiger partial charge is 0.326 e. The quantitative estimate of drug-likeness (QED) is 0.794. The van der Waals surface area contributed by atoms with Gasteiger partial charge >= 0.3 is 6.03 Å². The average molecular weight is 310 g/mol. The number of nitrogens with zero attached hydrogens (tertiary/aromatic N) is 2. The Bertz CT molecular complexity index is 684. The fourth-order valence-corrected chi connectivity index (χ4v) is 1.75. The van der Waals surface area contributed by atoms with Crippen LogP contribution in [-0.2, 0) is 0 Å². The Morgan fingerprint density at radius 3 is 2.62 bits per heavy atom. The van der Waals surface area contributed by atoms with E-state index in [2.05, 4.69) is 20.6 Å². The van der Waals surface area contributed by atoms with Crippen molar-refractivity contribution in [3.05, 3.63) is 40.3 Å². The molecular formula is C13H13ClFN5O. The van der Waals surface area contributed by atoms with Crippen molar-refractivity contribution in [1.82, 2.24) is 9.97 Å². The van der Waals surface area contributed by atoms with Crippen molar-refractivity contribution in [3.63, 3.8) is 0 Å². The van der Waals surface area contributed by atoms with Crippen LogP contribution in [0, 0.1) is 19.7 Å². The Kier molecular flexibility index (Phi) is 4.23. The molecule has 0 spiro atoms. The first-order valence-electron chi connectivity index (χ1n) is 6.00. The highest BCUT2D eigenvalue weighted by Crippen LogP contribution is 2.20. The van der Waals surface area contributed by atoms with Crippen molar-refractivity contribution >= 4 is 35.1 Å². The predicted molar refractivity (Wildman–Crippen MR) is 80.0 cm³/mol. The third-order valence-corrected chi connectivity index (χ3v) is 3.10. The van der Waals surface area contributed by atoms with Crippen LogP contribution in [0.4, 0.5) is 26.6 Å². The normalized spacial score (nSPS) is 10.3. The number of urea groups is 1. The Balaban J connectivity index is 2.09. The van der Waals surface area contributed by atoms with Gasteiger partial charge in [-0.25, -0.2) is 14.2 Å². The van der Waals surface area contributed by atoms with Crippen LogP contribution >= 0.6 is 11.6 Å². The lowest BCUT2D eigenvalue weighted by atomic mass is 10.2. The summed E-state index contributed by atoms with van der Waals surface area (Å²) >= 11 is 5.96. The summed E-state index contributed by atoms with van der Waals surface area (Å²) in [5.74, 6) is -1.11. The van der Waals surface area contributed by atoms with E-state index < -0.39 is 11.8 Å². The van der Waals surface area contributed by atoms with Crippen molar-refractivity contribution in [2.45, 2.75) is 13.8 Å². The highest BCUT2D eigenvalue weighted by Gasteiger charge is 2.11. The van der Waals surface area contributed by atoms with Crippen LogP contribution in [0.5, 0.6) is 0 Å². The van der Waals surface area contributed by atoms with E-state index in [1.165, 1.54) is 6.92 Å². The SMILES string of the molecule is Cc1ccc(NC(=O)Nc2nc(C)c(F)c(N)n2)cc1Cl. The van der Waals surface area contributed by atoms with Gasteiger partial charge in [0.05, 0.1) is 5.69 Å². The zero-order valence-corrected chi connectivity index (χ0v) is 12.1. The number of carbonyl (C=O) groups excluding carboxylic acids is 1. The first kappa shape index (κ1) is 15.0. The first-order valence-corrected chi connectivity index (χ1v) is 6.38. The zero-order chi connectivity index (χ0) is 15.6. The number of hydrogen-bond acceptors (Lipinski definition) is 4.